The molecule has 0 unspecified atom stereocenters. The van der Waals surface area contributed by atoms with Crippen LogP contribution in [0, 0.1) is 0 Å². The molecule has 0 spiro atoms. The van der Waals surface area contributed by atoms with Gasteiger partial charge in [-0.15, -0.1) is 0 Å². The van der Waals surface area contributed by atoms with Gasteiger partial charge in [0, 0.05) is 36.0 Å². The molecule has 0 aromatic carbocycles. The van der Waals surface area contributed by atoms with Gasteiger partial charge in [-0.25, -0.2) is 4.79 Å². The SMILES string of the molecule is CC(C)NC(=O)O[C@@H]1CC[C@H](c2cc(NC(=O)c3cnn(C(C)C)c3)n[nH]2)C1. The van der Waals surface area contributed by atoms with E-state index in [-0.39, 0.29) is 36.1 Å². The van der Waals surface area contributed by atoms with E-state index in [4.69, 9.17) is 4.74 Å². The molecule has 1 fully saturated rings. The van der Waals surface area contributed by atoms with E-state index in [9.17, 15) is 9.59 Å². The van der Waals surface area contributed by atoms with Crippen LogP contribution in [0.3, 0.4) is 0 Å². The van der Waals surface area contributed by atoms with Crippen molar-refractivity contribution in [3.05, 3.63) is 29.7 Å². The lowest BCUT2D eigenvalue weighted by atomic mass is 10.0. The van der Waals surface area contributed by atoms with Crippen molar-refractivity contribution in [1.82, 2.24) is 25.3 Å². The molecule has 0 bridgehead atoms. The first-order valence-corrected chi connectivity index (χ1v) is 9.69. The third-order valence-corrected chi connectivity index (χ3v) is 4.74. The molecule has 28 heavy (non-hydrogen) atoms. The van der Waals surface area contributed by atoms with Gasteiger partial charge in [0.2, 0.25) is 0 Å². The Balaban J connectivity index is 1.54. The molecule has 1 saturated carbocycles. The van der Waals surface area contributed by atoms with E-state index in [2.05, 4.69) is 25.9 Å². The minimum atomic E-state index is -0.375. The lowest BCUT2D eigenvalue weighted by Crippen LogP contribution is -2.33. The van der Waals surface area contributed by atoms with E-state index < -0.39 is 0 Å². The van der Waals surface area contributed by atoms with Crippen LogP contribution in [0.25, 0.3) is 0 Å². The zero-order valence-corrected chi connectivity index (χ0v) is 16.7. The topological polar surface area (TPSA) is 114 Å². The zero-order valence-electron chi connectivity index (χ0n) is 16.7. The quantitative estimate of drug-likeness (QED) is 0.703. The van der Waals surface area contributed by atoms with E-state index in [0.29, 0.717) is 11.4 Å². The highest BCUT2D eigenvalue weighted by molar-refractivity contribution is 6.03. The third-order valence-electron chi connectivity index (χ3n) is 4.74. The Morgan fingerprint density at radius 2 is 2.07 bits per heavy atom. The number of nitrogens with zero attached hydrogens (tertiary/aromatic N) is 3. The number of aromatic nitrogens is 4. The lowest BCUT2D eigenvalue weighted by Gasteiger charge is -2.14. The van der Waals surface area contributed by atoms with Gasteiger partial charge >= 0.3 is 6.09 Å². The summed E-state index contributed by atoms with van der Waals surface area (Å²) in [6.45, 7) is 7.79. The maximum absolute atomic E-state index is 12.4. The molecule has 2 heterocycles. The Hall–Kier alpha value is -2.84. The van der Waals surface area contributed by atoms with Crippen molar-refractivity contribution in [2.24, 2.45) is 0 Å². The largest absolute Gasteiger partial charge is 0.446 e. The van der Waals surface area contributed by atoms with E-state index in [1.54, 1.807) is 17.1 Å². The van der Waals surface area contributed by atoms with Crippen LogP contribution in [0.5, 0.6) is 0 Å². The average molecular weight is 388 g/mol. The molecule has 2 atom stereocenters. The molecule has 0 radical (unpaired) electrons. The van der Waals surface area contributed by atoms with E-state index in [1.165, 1.54) is 0 Å². The molecule has 9 heteroatoms. The Labute approximate surface area is 164 Å². The first kappa shape index (κ1) is 19.9. The second-order valence-electron chi connectivity index (χ2n) is 7.80. The summed E-state index contributed by atoms with van der Waals surface area (Å²) in [7, 11) is 0. The van der Waals surface area contributed by atoms with Crippen molar-refractivity contribution < 1.29 is 14.3 Å². The smallest absolute Gasteiger partial charge is 0.407 e. The van der Waals surface area contributed by atoms with Gasteiger partial charge < -0.3 is 15.4 Å². The summed E-state index contributed by atoms with van der Waals surface area (Å²) < 4.78 is 7.20. The van der Waals surface area contributed by atoms with Gasteiger partial charge in [-0.05, 0) is 47.0 Å². The summed E-state index contributed by atoms with van der Waals surface area (Å²) in [4.78, 5) is 24.1. The molecule has 1 aliphatic carbocycles. The number of hydrogen-bond acceptors (Lipinski definition) is 5. The molecule has 0 aliphatic heterocycles. The lowest BCUT2D eigenvalue weighted by molar-refractivity contribution is 0.0979. The third kappa shape index (κ3) is 4.90. The van der Waals surface area contributed by atoms with Crippen LogP contribution in [-0.4, -0.2) is 44.1 Å². The number of H-pyrrole nitrogens is 1. The maximum Gasteiger partial charge on any atom is 0.407 e. The number of aromatic amines is 1. The van der Waals surface area contributed by atoms with Crippen molar-refractivity contribution in [2.45, 2.75) is 71.1 Å². The molecule has 9 nitrogen and oxygen atoms in total. The number of anilines is 1. The number of rotatable bonds is 6. The predicted octanol–water partition coefficient (Wildman–Crippen LogP) is 3.21. The number of carbonyl (C=O) groups excluding carboxylic acids is 2. The van der Waals surface area contributed by atoms with Gasteiger partial charge in [-0.3, -0.25) is 14.6 Å². The fourth-order valence-corrected chi connectivity index (χ4v) is 3.29. The van der Waals surface area contributed by atoms with Crippen LogP contribution in [0.1, 0.15) is 75.0 Å². The molecule has 3 N–H and O–H groups in total. The summed E-state index contributed by atoms with van der Waals surface area (Å²) in [5, 5.41) is 16.9. The van der Waals surface area contributed by atoms with Crippen molar-refractivity contribution >= 4 is 17.8 Å². The first-order valence-electron chi connectivity index (χ1n) is 9.69. The van der Waals surface area contributed by atoms with Gasteiger partial charge in [0.25, 0.3) is 5.91 Å². The number of nitrogens with one attached hydrogen (secondary N) is 3. The van der Waals surface area contributed by atoms with Crippen LogP contribution in [0.15, 0.2) is 18.5 Å². The molecule has 0 saturated heterocycles. The summed E-state index contributed by atoms with van der Waals surface area (Å²) >= 11 is 0. The second kappa shape index (κ2) is 8.45. The Morgan fingerprint density at radius 1 is 1.29 bits per heavy atom. The standard InChI is InChI=1S/C19H28N6O3/c1-11(2)21-19(27)28-15-6-5-13(7-15)16-8-17(24-23-16)22-18(26)14-9-20-25(10-14)12(3)4/h8-13,15H,5-7H2,1-4H3,(H,21,27)(H2,22,23,24,26)/t13-,15+/m0/s1. The van der Waals surface area contributed by atoms with Gasteiger partial charge in [0.15, 0.2) is 5.82 Å². The minimum absolute atomic E-state index is 0.0520. The summed E-state index contributed by atoms with van der Waals surface area (Å²) in [5.41, 5.74) is 1.42. The average Bonchev–Trinajstić information content (AvgIpc) is 3.34. The Morgan fingerprint density at radius 3 is 2.75 bits per heavy atom. The van der Waals surface area contributed by atoms with E-state index in [1.807, 2.05) is 33.8 Å². The highest BCUT2D eigenvalue weighted by atomic mass is 16.6. The van der Waals surface area contributed by atoms with E-state index in [0.717, 1.165) is 25.0 Å². The molecular weight excluding hydrogens is 360 g/mol. The van der Waals surface area contributed by atoms with Crippen LogP contribution in [0.4, 0.5) is 10.6 Å². The number of amides is 2. The van der Waals surface area contributed by atoms with Gasteiger partial charge in [0.05, 0.1) is 11.8 Å². The molecular formula is C19H28N6O3. The van der Waals surface area contributed by atoms with Crippen LogP contribution in [0.2, 0.25) is 0 Å². The van der Waals surface area contributed by atoms with Crippen molar-refractivity contribution in [1.29, 1.82) is 0 Å². The van der Waals surface area contributed by atoms with Crippen LogP contribution < -0.4 is 10.6 Å². The van der Waals surface area contributed by atoms with Gasteiger partial charge in [-0.1, -0.05) is 0 Å². The minimum Gasteiger partial charge on any atom is -0.446 e. The van der Waals surface area contributed by atoms with Crippen LogP contribution >= 0.6 is 0 Å². The molecule has 2 amide bonds. The summed E-state index contributed by atoms with van der Waals surface area (Å²) in [6.07, 6.45) is 5.23. The monoisotopic (exact) mass is 388 g/mol. The van der Waals surface area contributed by atoms with Crippen molar-refractivity contribution in [3.63, 3.8) is 0 Å². The van der Waals surface area contributed by atoms with Crippen molar-refractivity contribution in [2.75, 3.05) is 5.32 Å². The first-order chi connectivity index (χ1) is 13.3. The number of ether oxygens (including phenoxy) is 1. The fourth-order valence-electron chi connectivity index (χ4n) is 3.29. The van der Waals surface area contributed by atoms with Crippen LogP contribution in [-0.2, 0) is 4.74 Å². The predicted molar refractivity (Wildman–Crippen MR) is 104 cm³/mol. The summed E-state index contributed by atoms with van der Waals surface area (Å²) in [5.74, 6) is 0.445. The second-order valence-corrected chi connectivity index (χ2v) is 7.80. The Kier molecular flexibility index (Phi) is 6.01. The summed E-state index contributed by atoms with van der Waals surface area (Å²) in [6, 6.07) is 2.08. The highest BCUT2D eigenvalue weighted by Crippen LogP contribution is 2.35. The number of alkyl carbamates (subject to hydrolysis) is 1. The van der Waals surface area contributed by atoms with Crippen molar-refractivity contribution in [3.8, 4) is 0 Å². The fraction of sp³-hybridized carbons (Fsp3) is 0.579. The molecule has 3 rings (SSSR count). The molecule has 152 valence electrons. The molecule has 2 aromatic rings. The zero-order chi connectivity index (χ0) is 20.3. The highest BCUT2D eigenvalue weighted by Gasteiger charge is 2.30. The number of hydrogen-bond donors (Lipinski definition) is 3. The van der Waals surface area contributed by atoms with Gasteiger partial charge in [-0.2, -0.15) is 10.2 Å². The van der Waals surface area contributed by atoms with Gasteiger partial charge in [0.1, 0.15) is 6.10 Å². The normalized spacial score (nSPS) is 19.2. The molecule has 2 aromatic heterocycles. The maximum atomic E-state index is 12.4. The number of carbonyl (C=O) groups is 2. The van der Waals surface area contributed by atoms with E-state index >= 15 is 0 Å². The Bertz CT molecular complexity index is 825. The molecule has 1 aliphatic rings.